The fraction of sp³-hybridized carbons (Fsp3) is 0.133. The van der Waals surface area contributed by atoms with E-state index < -0.39 is 16.0 Å². The first-order chi connectivity index (χ1) is 11.0. The largest absolute Gasteiger partial charge is 0.486 e. The van der Waals surface area contributed by atoms with Crippen molar-refractivity contribution in [2.24, 2.45) is 0 Å². The second kappa shape index (κ2) is 5.81. The number of para-hydroxylation sites is 1. The van der Waals surface area contributed by atoms with Crippen LogP contribution in [0.1, 0.15) is 10.4 Å². The van der Waals surface area contributed by atoms with E-state index in [4.69, 9.17) is 14.6 Å². The van der Waals surface area contributed by atoms with Gasteiger partial charge >= 0.3 is 5.97 Å². The van der Waals surface area contributed by atoms with Crippen LogP contribution in [0.15, 0.2) is 47.4 Å². The summed E-state index contributed by atoms with van der Waals surface area (Å²) in [5.41, 5.74) is 0.325. The number of hydrogen-bond donors (Lipinski definition) is 2. The number of hydrogen-bond acceptors (Lipinski definition) is 5. The molecule has 23 heavy (non-hydrogen) atoms. The van der Waals surface area contributed by atoms with Gasteiger partial charge in [-0.25, -0.2) is 13.2 Å². The molecule has 3 rings (SSSR count). The molecule has 0 spiro atoms. The molecule has 0 unspecified atom stereocenters. The second-order valence-corrected chi connectivity index (χ2v) is 6.42. The minimum atomic E-state index is -3.89. The monoisotopic (exact) mass is 335 g/mol. The number of aromatic carboxylic acids is 1. The molecule has 0 atom stereocenters. The summed E-state index contributed by atoms with van der Waals surface area (Å²) in [5, 5.41) is 8.85. The van der Waals surface area contributed by atoms with Crippen LogP contribution in [0.4, 0.5) is 5.69 Å². The molecule has 0 saturated heterocycles. The van der Waals surface area contributed by atoms with E-state index in [-0.39, 0.29) is 28.5 Å². The summed E-state index contributed by atoms with van der Waals surface area (Å²) < 4.78 is 38.2. The molecule has 7 nitrogen and oxygen atoms in total. The zero-order chi connectivity index (χ0) is 16.4. The molecular formula is C15H13NO6S. The van der Waals surface area contributed by atoms with Gasteiger partial charge in [0.05, 0.1) is 5.56 Å². The Labute approximate surface area is 132 Å². The topological polar surface area (TPSA) is 102 Å². The van der Waals surface area contributed by atoms with E-state index in [9.17, 15) is 13.2 Å². The van der Waals surface area contributed by atoms with Crippen molar-refractivity contribution in [3.8, 4) is 11.5 Å². The van der Waals surface area contributed by atoms with E-state index in [1.165, 1.54) is 30.3 Å². The number of fused-ring (bicyclic) bond motifs is 1. The van der Waals surface area contributed by atoms with E-state index in [1.807, 2.05) is 0 Å². The van der Waals surface area contributed by atoms with Gasteiger partial charge in [-0.2, -0.15) is 0 Å². The third-order valence-corrected chi connectivity index (χ3v) is 4.61. The fourth-order valence-corrected chi connectivity index (χ4v) is 3.37. The molecule has 0 saturated carbocycles. The molecule has 2 aromatic rings. The van der Waals surface area contributed by atoms with Gasteiger partial charge in [0.25, 0.3) is 10.0 Å². The zero-order valence-electron chi connectivity index (χ0n) is 11.9. The highest BCUT2D eigenvalue weighted by Gasteiger charge is 2.25. The van der Waals surface area contributed by atoms with E-state index >= 15 is 0 Å². The first-order valence-electron chi connectivity index (χ1n) is 6.72. The molecule has 1 aliphatic rings. The van der Waals surface area contributed by atoms with E-state index in [0.29, 0.717) is 12.4 Å². The van der Waals surface area contributed by atoms with Crippen LogP contribution in [0.25, 0.3) is 0 Å². The van der Waals surface area contributed by atoms with Gasteiger partial charge in [0, 0.05) is 5.69 Å². The van der Waals surface area contributed by atoms with Crippen LogP contribution < -0.4 is 14.2 Å². The van der Waals surface area contributed by atoms with E-state index in [0.717, 1.165) is 0 Å². The molecule has 1 heterocycles. The van der Waals surface area contributed by atoms with Crippen molar-refractivity contribution in [2.75, 3.05) is 17.9 Å². The quantitative estimate of drug-likeness (QED) is 0.885. The predicted molar refractivity (Wildman–Crippen MR) is 81.6 cm³/mol. The van der Waals surface area contributed by atoms with Crippen molar-refractivity contribution in [3.63, 3.8) is 0 Å². The molecule has 0 amide bonds. The average Bonchev–Trinajstić information content (AvgIpc) is 2.54. The van der Waals surface area contributed by atoms with Gasteiger partial charge in [-0.3, -0.25) is 4.72 Å². The number of carboxylic acids is 1. The summed E-state index contributed by atoms with van der Waals surface area (Å²) >= 11 is 0. The van der Waals surface area contributed by atoms with Crippen LogP contribution >= 0.6 is 0 Å². The molecule has 0 aliphatic carbocycles. The summed E-state index contributed by atoms with van der Waals surface area (Å²) in [5.74, 6) is -0.532. The number of ether oxygens (including phenoxy) is 2. The van der Waals surface area contributed by atoms with Crippen LogP contribution in [0, 0.1) is 0 Å². The van der Waals surface area contributed by atoms with Gasteiger partial charge in [-0.15, -0.1) is 0 Å². The molecule has 1 aliphatic heterocycles. The average molecular weight is 335 g/mol. The number of benzene rings is 2. The maximum Gasteiger partial charge on any atom is 0.335 e. The van der Waals surface area contributed by atoms with Crippen LogP contribution in [0.2, 0.25) is 0 Å². The first kappa shape index (κ1) is 15.2. The lowest BCUT2D eigenvalue weighted by atomic mass is 10.2. The van der Waals surface area contributed by atoms with Gasteiger partial charge in [0.1, 0.15) is 18.1 Å². The molecule has 0 fully saturated rings. The van der Waals surface area contributed by atoms with Crippen molar-refractivity contribution < 1.29 is 27.8 Å². The minimum absolute atomic E-state index is 0.0305. The zero-order valence-corrected chi connectivity index (χ0v) is 12.7. The summed E-state index contributed by atoms with van der Waals surface area (Å²) in [6.45, 7) is 0.632. The number of nitrogens with one attached hydrogen (secondary N) is 1. The van der Waals surface area contributed by atoms with Crippen molar-refractivity contribution in [1.82, 2.24) is 0 Å². The lowest BCUT2D eigenvalue weighted by Crippen LogP contribution is -2.20. The molecule has 2 aromatic carbocycles. The van der Waals surface area contributed by atoms with Gasteiger partial charge < -0.3 is 14.6 Å². The molecular weight excluding hydrogens is 322 g/mol. The Balaban J connectivity index is 1.92. The highest BCUT2D eigenvalue weighted by molar-refractivity contribution is 7.92. The van der Waals surface area contributed by atoms with Crippen LogP contribution in [0.3, 0.4) is 0 Å². The summed E-state index contributed by atoms with van der Waals surface area (Å²) in [6.07, 6.45) is 0. The number of anilines is 1. The molecule has 120 valence electrons. The van der Waals surface area contributed by atoms with Crippen molar-refractivity contribution in [1.29, 1.82) is 0 Å². The van der Waals surface area contributed by atoms with Crippen molar-refractivity contribution in [3.05, 3.63) is 48.0 Å². The fourth-order valence-electron chi connectivity index (χ4n) is 2.15. The lowest BCUT2D eigenvalue weighted by Gasteiger charge is -2.21. The van der Waals surface area contributed by atoms with Crippen LogP contribution in [0.5, 0.6) is 11.5 Å². The summed E-state index contributed by atoms with van der Waals surface area (Å²) in [4.78, 5) is 10.8. The molecule has 0 bridgehead atoms. The molecule has 0 radical (unpaired) electrons. The second-order valence-electron chi connectivity index (χ2n) is 4.77. The standard InChI is InChI=1S/C15H13NO6S/c17-15(18)10-4-6-11(7-5-10)16-23(19,20)13-3-1-2-12-14(13)22-9-8-21-12/h1-7,16H,8-9H2,(H,17,18). The molecule has 8 heteroatoms. The lowest BCUT2D eigenvalue weighted by molar-refractivity contribution is 0.0697. The Bertz CT molecular complexity index is 845. The maximum atomic E-state index is 12.5. The third kappa shape index (κ3) is 3.07. The third-order valence-electron chi connectivity index (χ3n) is 3.20. The van der Waals surface area contributed by atoms with Gasteiger partial charge in [0.15, 0.2) is 11.5 Å². The van der Waals surface area contributed by atoms with Crippen molar-refractivity contribution in [2.45, 2.75) is 4.90 Å². The molecule has 2 N–H and O–H groups in total. The number of sulfonamides is 1. The summed E-state index contributed by atoms with van der Waals surface area (Å²) in [6, 6.07) is 10.0. The van der Waals surface area contributed by atoms with Gasteiger partial charge in [-0.05, 0) is 36.4 Å². The van der Waals surface area contributed by atoms with Crippen LogP contribution in [-0.2, 0) is 10.0 Å². The highest BCUT2D eigenvalue weighted by Crippen LogP contribution is 2.36. The Morgan fingerprint density at radius 2 is 1.74 bits per heavy atom. The first-order valence-corrected chi connectivity index (χ1v) is 8.20. The Hall–Kier alpha value is -2.74. The smallest absolute Gasteiger partial charge is 0.335 e. The van der Waals surface area contributed by atoms with E-state index in [1.54, 1.807) is 12.1 Å². The minimum Gasteiger partial charge on any atom is -0.486 e. The highest BCUT2D eigenvalue weighted by atomic mass is 32.2. The van der Waals surface area contributed by atoms with Crippen molar-refractivity contribution >= 4 is 21.7 Å². The Morgan fingerprint density at radius 3 is 2.43 bits per heavy atom. The number of carbonyl (C=O) groups is 1. The summed E-state index contributed by atoms with van der Waals surface area (Å²) in [7, 11) is -3.89. The maximum absolute atomic E-state index is 12.5. The SMILES string of the molecule is O=C(O)c1ccc(NS(=O)(=O)c2cccc3c2OCCO3)cc1. The number of carboxylic acid groups (broad SMARTS) is 1. The Morgan fingerprint density at radius 1 is 1.04 bits per heavy atom. The number of rotatable bonds is 4. The normalized spacial score (nSPS) is 13.4. The predicted octanol–water partition coefficient (Wildman–Crippen LogP) is 1.96. The van der Waals surface area contributed by atoms with Gasteiger partial charge in [-0.1, -0.05) is 6.07 Å². The van der Waals surface area contributed by atoms with E-state index in [2.05, 4.69) is 4.72 Å². The van der Waals surface area contributed by atoms with Crippen LogP contribution in [-0.4, -0.2) is 32.7 Å². The molecule has 0 aromatic heterocycles. The Kier molecular flexibility index (Phi) is 3.83. The van der Waals surface area contributed by atoms with Gasteiger partial charge in [0.2, 0.25) is 0 Å².